The number of nitrogen functional groups attached to an aromatic ring is 1. The number of ether oxygens (including phenoxy) is 1. The molecule has 3 nitrogen and oxygen atoms in total. The molecule has 0 saturated carbocycles. The summed E-state index contributed by atoms with van der Waals surface area (Å²) in [6.45, 7) is 0.357. The van der Waals surface area contributed by atoms with Gasteiger partial charge in [-0.15, -0.1) is 0 Å². The van der Waals surface area contributed by atoms with E-state index in [1.165, 1.54) is 5.54 Å². The van der Waals surface area contributed by atoms with Crippen LogP contribution in [0.1, 0.15) is 5.56 Å². The summed E-state index contributed by atoms with van der Waals surface area (Å²) >= 11 is 7.43. The topological polar surface area (TPSA) is 59.0 Å². The van der Waals surface area contributed by atoms with Crippen molar-refractivity contribution in [2.45, 2.75) is 0 Å². The average molecular weight is 335 g/mol. The summed E-state index contributed by atoms with van der Waals surface area (Å²) in [7, 11) is 0. The van der Waals surface area contributed by atoms with E-state index in [-0.39, 0.29) is 0 Å². The van der Waals surface area contributed by atoms with Crippen LogP contribution in [0.4, 0.5) is 5.69 Å². The lowest BCUT2D eigenvalue weighted by molar-refractivity contribution is 0.362. The molecule has 0 aromatic heterocycles. The lowest BCUT2D eigenvalue weighted by atomic mass is 10.2. The van der Waals surface area contributed by atoms with Crippen molar-refractivity contribution in [1.82, 2.24) is 0 Å². The number of nitrogens with zero attached hydrogens (tertiary/aromatic N) is 1. The second-order valence-corrected chi connectivity index (χ2v) is 4.08. The first kappa shape index (κ1) is 12.1. The van der Waals surface area contributed by atoms with Crippen LogP contribution in [0, 0.1) is 14.9 Å². The first-order valence-electron chi connectivity index (χ1n) is 4.06. The smallest absolute Gasteiger partial charge is 0.156 e. The Morgan fingerprint density at radius 3 is 2.87 bits per heavy atom. The molecule has 0 unspecified atom stereocenters. The summed E-state index contributed by atoms with van der Waals surface area (Å²) in [5.41, 5.74) is 8.11. The highest BCUT2D eigenvalue weighted by atomic mass is 127. The van der Waals surface area contributed by atoms with Crippen LogP contribution in [0.5, 0.6) is 5.75 Å². The Morgan fingerprint density at radius 1 is 1.60 bits per heavy atom. The Balaban J connectivity index is 2.94. The molecular weight excluding hydrogens is 326 g/mol. The first-order valence-corrected chi connectivity index (χ1v) is 5.57. The van der Waals surface area contributed by atoms with Gasteiger partial charge in [0.15, 0.2) is 5.75 Å². The SMILES string of the molecule is N#Cc1cc(N)c(OC/C=C/Cl)c(I)c1. The first-order chi connectivity index (χ1) is 7.19. The molecule has 2 N–H and O–H groups in total. The van der Waals surface area contributed by atoms with Crippen molar-refractivity contribution < 1.29 is 4.74 Å². The molecule has 0 amide bonds. The number of rotatable bonds is 3. The number of nitriles is 1. The highest BCUT2D eigenvalue weighted by Crippen LogP contribution is 2.29. The molecule has 0 spiro atoms. The molecule has 0 aliphatic heterocycles. The summed E-state index contributed by atoms with van der Waals surface area (Å²) in [5, 5.41) is 8.71. The van der Waals surface area contributed by atoms with Gasteiger partial charge in [0.2, 0.25) is 0 Å². The minimum atomic E-state index is 0.357. The summed E-state index contributed by atoms with van der Waals surface area (Å²) in [4.78, 5) is 0. The van der Waals surface area contributed by atoms with Crippen molar-refractivity contribution in [3.05, 3.63) is 32.9 Å². The number of halogens is 2. The number of anilines is 1. The third-order valence-corrected chi connectivity index (χ3v) is 2.59. The van der Waals surface area contributed by atoms with E-state index < -0.39 is 0 Å². The molecule has 5 heteroatoms. The Bertz CT molecular complexity index is 403. The molecule has 0 saturated heterocycles. The van der Waals surface area contributed by atoms with Crippen LogP contribution in [-0.2, 0) is 0 Å². The van der Waals surface area contributed by atoms with Crippen molar-refractivity contribution in [1.29, 1.82) is 5.26 Å². The van der Waals surface area contributed by atoms with E-state index in [0.717, 1.165) is 3.57 Å². The standard InChI is InChI=1S/C10H8ClIN2O/c11-2-1-3-15-10-8(12)4-7(6-13)5-9(10)14/h1-2,4-5H,3,14H2/b2-1+. The number of benzene rings is 1. The van der Waals surface area contributed by atoms with Crippen molar-refractivity contribution >= 4 is 39.9 Å². The molecule has 78 valence electrons. The van der Waals surface area contributed by atoms with E-state index in [9.17, 15) is 0 Å². The van der Waals surface area contributed by atoms with E-state index in [1.54, 1.807) is 18.2 Å². The fourth-order valence-electron chi connectivity index (χ4n) is 0.999. The Morgan fingerprint density at radius 2 is 2.33 bits per heavy atom. The minimum absolute atomic E-state index is 0.357. The zero-order valence-corrected chi connectivity index (χ0v) is 10.6. The third kappa shape index (κ3) is 3.29. The summed E-state index contributed by atoms with van der Waals surface area (Å²) in [6.07, 6.45) is 1.66. The predicted octanol–water partition coefficient (Wildman–Crippen LogP) is 2.88. The van der Waals surface area contributed by atoms with Gasteiger partial charge < -0.3 is 10.5 Å². The molecule has 0 bridgehead atoms. The maximum Gasteiger partial charge on any atom is 0.156 e. The van der Waals surface area contributed by atoms with Crippen LogP contribution in [0.15, 0.2) is 23.7 Å². The Kier molecular flexibility index (Phi) is 4.72. The van der Waals surface area contributed by atoms with Gasteiger partial charge in [-0.2, -0.15) is 5.26 Å². The van der Waals surface area contributed by atoms with Crippen LogP contribution in [0.3, 0.4) is 0 Å². The van der Waals surface area contributed by atoms with Gasteiger partial charge in [-0.25, -0.2) is 0 Å². The molecule has 1 aromatic carbocycles. The van der Waals surface area contributed by atoms with Crippen molar-refractivity contribution in [3.8, 4) is 11.8 Å². The van der Waals surface area contributed by atoms with Gasteiger partial charge in [0, 0.05) is 5.54 Å². The van der Waals surface area contributed by atoms with Crippen LogP contribution in [0.2, 0.25) is 0 Å². The summed E-state index contributed by atoms with van der Waals surface area (Å²) in [5.74, 6) is 0.587. The molecule has 0 radical (unpaired) electrons. The van der Waals surface area contributed by atoms with Gasteiger partial charge in [0.1, 0.15) is 6.61 Å². The molecule has 0 heterocycles. The maximum atomic E-state index is 8.71. The highest BCUT2D eigenvalue weighted by molar-refractivity contribution is 14.1. The zero-order chi connectivity index (χ0) is 11.3. The van der Waals surface area contributed by atoms with Crippen LogP contribution in [0.25, 0.3) is 0 Å². The number of nitrogens with two attached hydrogens (primary N) is 1. The normalized spacial score (nSPS) is 10.2. The molecule has 0 aliphatic rings. The second-order valence-electron chi connectivity index (χ2n) is 2.66. The van der Waals surface area contributed by atoms with E-state index >= 15 is 0 Å². The fourth-order valence-corrected chi connectivity index (χ4v) is 1.87. The van der Waals surface area contributed by atoms with Gasteiger partial charge >= 0.3 is 0 Å². The highest BCUT2D eigenvalue weighted by Gasteiger charge is 2.07. The Labute approximate surface area is 107 Å². The van der Waals surface area contributed by atoms with Crippen molar-refractivity contribution in [3.63, 3.8) is 0 Å². The van der Waals surface area contributed by atoms with Gasteiger partial charge in [-0.1, -0.05) is 11.6 Å². The largest absolute Gasteiger partial charge is 0.486 e. The minimum Gasteiger partial charge on any atom is -0.486 e. The van der Waals surface area contributed by atoms with Crippen molar-refractivity contribution in [2.24, 2.45) is 0 Å². The summed E-state index contributed by atoms with van der Waals surface area (Å²) < 4.78 is 6.21. The summed E-state index contributed by atoms with van der Waals surface area (Å²) in [6, 6.07) is 5.33. The monoisotopic (exact) mass is 334 g/mol. The van der Waals surface area contributed by atoms with Gasteiger partial charge in [-0.05, 0) is 40.8 Å². The molecule has 15 heavy (non-hydrogen) atoms. The van der Waals surface area contributed by atoms with E-state index in [2.05, 4.69) is 22.6 Å². The van der Waals surface area contributed by atoms with E-state index in [4.69, 9.17) is 27.3 Å². The molecular formula is C10H8ClIN2O. The predicted molar refractivity (Wildman–Crippen MR) is 68.8 cm³/mol. The van der Waals surface area contributed by atoms with Crippen molar-refractivity contribution in [2.75, 3.05) is 12.3 Å². The molecule has 1 rings (SSSR count). The van der Waals surface area contributed by atoms with Gasteiger partial charge in [0.25, 0.3) is 0 Å². The third-order valence-electron chi connectivity index (χ3n) is 1.61. The van der Waals surface area contributed by atoms with E-state index in [1.807, 2.05) is 6.07 Å². The van der Waals surface area contributed by atoms with Crippen LogP contribution >= 0.6 is 34.2 Å². The molecule has 0 fully saturated rings. The zero-order valence-electron chi connectivity index (χ0n) is 7.71. The lowest BCUT2D eigenvalue weighted by Crippen LogP contribution is -2.00. The van der Waals surface area contributed by atoms with Gasteiger partial charge in [-0.3, -0.25) is 0 Å². The average Bonchev–Trinajstić information content (AvgIpc) is 2.22. The van der Waals surface area contributed by atoms with Crippen LogP contribution < -0.4 is 10.5 Å². The van der Waals surface area contributed by atoms with Crippen LogP contribution in [-0.4, -0.2) is 6.61 Å². The lowest BCUT2D eigenvalue weighted by Gasteiger charge is -2.09. The second kappa shape index (κ2) is 5.83. The molecule has 1 aromatic rings. The quantitative estimate of drug-likeness (QED) is 0.683. The maximum absolute atomic E-state index is 8.71. The number of hydrogen-bond acceptors (Lipinski definition) is 3. The molecule has 0 aliphatic carbocycles. The van der Waals surface area contributed by atoms with E-state index in [0.29, 0.717) is 23.6 Å². The number of hydrogen-bond donors (Lipinski definition) is 1. The van der Waals surface area contributed by atoms with Gasteiger partial charge in [0.05, 0.1) is 20.9 Å². The Hall–Kier alpha value is -0.930. The molecule has 0 atom stereocenters. The fraction of sp³-hybridized carbons (Fsp3) is 0.100.